The Morgan fingerprint density at radius 2 is 2.03 bits per heavy atom. The SMILES string of the molecule is CC(C)N1C(=O)OCc2cnc(N[C@@H](C)c3cc4cc(Cl)ccc4[nH]c3=O)nc21. The maximum absolute atomic E-state index is 12.5. The van der Waals surface area contributed by atoms with Crippen LogP contribution in [-0.4, -0.2) is 27.1 Å². The average Bonchev–Trinajstić information content (AvgIpc) is 2.67. The van der Waals surface area contributed by atoms with Crippen LogP contribution in [0.4, 0.5) is 16.6 Å². The first-order chi connectivity index (χ1) is 13.8. The van der Waals surface area contributed by atoms with E-state index >= 15 is 0 Å². The second-order valence-electron chi connectivity index (χ2n) is 7.21. The van der Waals surface area contributed by atoms with Crippen LogP contribution in [0.25, 0.3) is 10.9 Å². The van der Waals surface area contributed by atoms with Gasteiger partial charge in [0, 0.05) is 33.7 Å². The van der Waals surface area contributed by atoms with Gasteiger partial charge in [-0.25, -0.2) is 9.78 Å². The molecule has 3 heterocycles. The lowest BCUT2D eigenvalue weighted by Crippen LogP contribution is -2.41. The van der Waals surface area contributed by atoms with Gasteiger partial charge in [0.25, 0.3) is 5.56 Å². The Morgan fingerprint density at radius 1 is 1.24 bits per heavy atom. The number of hydrogen-bond donors (Lipinski definition) is 2. The van der Waals surface area contributed by atoms with E-state index in [0.29, 0.717) is 27.9 Å². The van der Waals surface area contributed by atoms with E-state index in [2.05, 4.69) is 20.3 Å². The molecule has 2 aromatic heterocycles. The first-order valence-electron chi connectivity index (χ1n) is 9.24. The van der Waals surface area contributed by atoms with Crippen molar-refractivity contribution in [2.24, 2.45) is 0 Å². The lowest BCUT2D eigenvalue weighted by molar-refractivity contribution is 0.139. The number of carbonyl (C=O) groups excluding carboxylic acids is 1. The fourth-order valence-electron chi connectivity index (χ4n) is 3.32. The maximum atomic E-state index is 12.5. The number of benzene rings is 1. The molecule has 1 atom stereocenters. The Hall–Kier alpha value is -3.13. The quantitative estimate of drug-likeness (QED) is 0.670. The summed E-state index contributed by atoms with van der Waals surface area (Å²) in [5.41, 5.74) is 1.77. The summed E-state index contributed by atoms with van der Waals surface area (Å²) in [5.74, 6) is 0.836. The van der Waals surface area contributed by atoms with E-state index in [0.717, 1.165) is 10.9 Å². The van der Waals surface area contributed by atoms with E-state index in [9.17, 15) is 9.59 Å². The molecule has 1 amide bonds. The lowest BCUT2D eigenvalue weighted by Gasteiger charge is -2.30. The minimum Gasteiger partial charge on any atom is -0.444 e. The summed E-state index contributed by atoms with van der Waals surface area (Å²) >= 11 is 6.07. The minimum atomic E-state index is -0.437. The monoisotopic (exact) mass is 413 g/mol. The van der Waals surface area contributed by atoms with Crippen LogP contribution in [0.5, 0.6) is 0 Å². The molecule has 0 bridgehead atoms. The van der Waals surface area contributed by atoms with Crippen LogP contribution < -0.4 is 15.8 Å². The maximum Gasteiger partial charge on any atom is 0.416 e. The molecule has 150 valence electrons. The van der Waals surface area contributed by atoms with Crippen molar-refractivity contribution in [1.29, 1.82) is 0 Å². The van der Waals surface area contributed by atoms with Crippen molar-refractivity contribution in [3.63, 3.8) is 0 Å². The van der Waals surface area contributed by atoms with Crippen molar-refractivity contribution >= 4 is 40.4 Å². The van der Waals surface area contributed by atoms with E-state index < -0.39 is 6.09 Å². The van der Waals surface area contributed by atoms with Crippen LogP contribution in [0.15, 0.2) is 35.3 Å². The van der Waals surface area contributed by atoms with E-state index in [4.69, 9.17) is 16.3 Å². The van der Waals surface area contributed by atoms with Crippen LogP contribution in [0.3, 0.4) is 0 Å². The molecule has 0 saturated heterocycles. The molecule has 0 fully saturated rings. The fraction of sp³-hybridized carbons (Fsp3) is 0.300. The molecule has 4 rings (SSSR count). The second kappa shape index (κ2) is 7.36. The molecule has 0 unspecified atom stereocenters. The molecular formula is C20H20ClN5O3. The number of cyclic esters (lactones) is 1. The molecule has 8 nitrogen and oxygen atoms in total. The summed E-state index contributed by atoms with van der Waals surface area (Å²) in [6.45, 7) is 5.75. The van der Waals surface area contributed by atoms with Crippen LogP contribution in [0.2, 0.25) is 5.02 Å². The third-order valence-corrected chi connectivity index (χ3v) is 5.02. The smallest absolute Gasteiger partial charge is 0.416 e. The Balaban J connectivity index is 1.66. The number of halogens is 1. The van der Waals surface area contributed by atoms with Gasteiger partial charge in [-0.3, -0.25) is 9.69 Å². The minimum absolute atomic E-state index is 0.116. The molecule has 0 saturated carbocycles. The highest BCUT2D eigenvalue weighted by atomic mass is 35.5. The highest BCUT2D eigenvalue weighted by molar-refractivity contribution is 6.31. The molecule has 9 heteroatoms. The Labute approximate surface area is 171 Å². The van der Waals surface area contributed by atoms with Crippen LogP contribution in [0, 0.1) is 0 Å². The van der Waals surface area contributed by atoms with Gasteiger partial charge < -0.3 is 15.0 Å². The summed E-state index contributed by atoms with van der Waals surface area (Å²) in [7, 11) is 0. The zero-order valence-corrected chi connectivity index (χ0v) is 16.9. The number of ether oxygens (including phenoxy) is 1. The summed E-state index contributed by atoms with van der Waals surface area (Å²) in [5, 5.41) is 4.58. The number of nitrogens with zero attached hydrogens (tertiary/aromatic N) is 3. The van der Waals surface area contributed by atoms with Crippen molar-refractivity contribution in [1.82, 2.24) is 15.0 Å². The summed E-state index contributed by atoms with van der Waals surface area (Å²) < 4.78 is 5.17. The number of nitrogens with one attached hydrogen (secondary N) is 2. The number of hydrogen-bond acceptors (Lipinski definition) is 6. The van der Waals surface area contributed by atoms with Gasteiger partial charge in [-0.2, -0.15) is 4.98 Å². The van der Waals surface area contributed by atoms with Crippen molar-refractivity contribution in [3.8, 4) is 0 Å². The molecule has 2 N–H and O–H groups in total. The zero-order valence-electron chi connectivity index (χ0n) is 16.2. The highest BCUT2D eigenvalue weighted by Gasteiger charge is 2.30. The Kier molecular flexibility index (Phi) is 4.87. The molecule has 0 spiro atoms. The number of fused-ring (bicyclic) bond motifs is 2. The van der Waals surface area contributed by atoms with E-state index in [-0.39, 0.29) is 24.2 Å². The lowest BCUT2D eigenvalue weighted by atomic mass is 10.1. The third-order valence-electron chi connectivity index (χ3n) is 4.78. The predicted octanol–water partition coefficient (Wildman–Crippen LogP) is 4.01. The topological polar surface area (TPSA) is 100 Å². The normalized spacial score (nSPS) is 14.7. The number of rotatable bonds is 4. The summed E-state index contributed by atoms with van der Waals surface area (Å²) in [6, 6.07) is 6.61. The van der Waals surface area contributed by atoms with Gasteiger partial charge >= 0.3 is 6.09 Å². The van der Waals surface area contributed by atoms with E-state index in [1.54, 1.807) is 30.5 Å². The molecule has 1 aliphatic rings. The Morgan fingerprint density at radius 3 is 2.79 bits per heavy atom. The molecule has 1 aliphatic heterocycles. The fourth-order valence-corrected chi connectivity index (χ4v) is 3.50. The van der Waals surface area contributed by atoms with Crippen molar-refractivity contribution in [2.75, 3.05) is 10.2 Å². The van der Waals surface area contributed by atoms with Crippen LogP contribution in [0.1, 0.15) is 37.9 Å². The van der Waals surface area contributed by atoms with Gasteiger partial charge in [0.1, 0.15) is 12.4 Å². The molecule has 0 aliphatic carbocycles. The highest BCUT2D eigenvalue weighted by Crippen LogP contribution is 2.28. The molecule has 0 radical (unpaired) electrons. The zero-order chi connectivity index (χ0) is 20.7. The number of carbonyl (C=O) groups is 1. The number of anilines is 2. The Bertz CT molecular complexity index is 1160. The van der Waals surface area contributed by atoms with Crippen LogP contribution in [-0.2, 0) is 11.3 Å². The van der Waals surface area contributed by atoms with Gasteiger partial charge in [0.05, 0.1) is 11.6 Å². The van der Waals surface area contributed by atoms with Crippen molar-refractivity contribution in [2.45, 2.75) is 39.5 Å². The first-order valence-corrected chi connectivity index (χ1v) is 9.62. The number of aromatic amines is 1. The predicted molar refractivity (Wildman–Crippen MR) is 111 cm³/mol. The summed E-state index contributed by atoms with van der Waals surface area (Å²) in [6.07, 6.45) is 1.19. The molecule has 29 heavy (non-hydrogen) atoms. The standard InChI is InChI=1S/C20H20ClN5O3/c1-10(2)26-17-13(9-29-20(26)28)8-22-19(25-17)23-11(3)15-7-12-6-14(21)4-5-16(12)24-18(15)27/h4-8,10-11H,9H2,1-3H3,(H,24,27)(H,22,23,25)/t11-/m0/s1. The van der Waals surface area contributed by atoms with Gasteiger partial charge in [-0.1, -0.05) is 11.6 Å². The molecule has 1 aromatic carbocycles. The third kappa shape index (κ3) is 3.63. The van der Waals surface area contributed by atoms with Crippen molar-refractivity contribution < 1.29 is 9.53 Å². The largest absolute Gasteiger partial charge is 0.444 e. The van der Waals surface area contributed by atoms with Crippen LogP contribution >= 0.6 is 11.6 Å². The second-order valence-corrected chi connectivity index (χ2v) is 7.65. The number of pyridine rings is 1. The van der Waals surface area contributed by atoms with E-state index in [1.165, 1.54) is 4.90 Å². The summed E-state index contributed by atoms with van der Waals surface area (Å²) in [4.78, 5) is 37.8. The number of H-pyrrole nitrogens is 1. The molecule has 3 aromatic rings. The van der Waals surface area contributed by atoms with Gasteiger partial charge in [-0.05, 0) is 45.0 Å². The van der Waals surface area contributed by atoms with Crippen molar-refractivity contribution in [3.05, 3.63) is 57.0 Å². The van der Waals surface area contributed by atoms with E-state index in [1.807, 2.05) is 20.8 Å². The van der Waals surface area contributed by atoms with Gasteiger partial charge in [0.15, 0.2) is 0 Å². The average molecular weight is 414 g/mol. The number of amides is 1. The molecular weight excluding hydrogens is 394 g/mol. The number of aromatic nitrogens is 3. The van der Waals surface area contributed by atoms with Gasteiger partial charge in [-0.15, -0.1) is 0 Å². The first kappa shape index (κ1) is 19.2. The van der Waals surface area contributed by atoms with Gasteiger partial charge in [0.2, 0.25) is 5.95 Å².